The van der Waals surface area contributed by atoms with Gasteiger partial charge in [0.2, 0.25) is 0 Å². The third kappa shape index (κ3) is 3.30. The first-order chi connectivity index (χ1) is 14.3. The molecule has 2 heteroatoms. The van der Waals surface area contributed by atoms with Gasteiger partial charge in [0.25, 0.3) is 0 Å². The molecule has 0 bridgehead atoms. The smallest absolute Gasteiger partial charge is 0.0794 e. The van der Waals surface area contributed by atoms with Crippen LogP contribution in [0.4, 0.5) is 0 Å². The molecule has 0 saturated carbocycles. The van der Waals surface area contributed by atoms with Crippen molar-refractivity contribution in [2.24, 2.45) is 0 Å². The summed E-state index contributed by atoms with van der Waals surface area (Å²) in [6, 6.07) is 37.3. The van der Waals surface area contributed by atoms with Gasteiger partial charge in [-0.25, -0.2) is 4.98 Å². The zero-order chi connectivity index (χ0) is 19.6. The molecule has 0 unspecified atom stereocenters. The fraction of sp³-hybridized carbons (Fsp3) is 0. The molecule has 0 radical (unpaired) electrons. The number of nitrogens with zero attached hydrogens (tertiary/aromatic N) is 1. The summed E-state index contributed by atoms with van der Waals surface area (Å²) in [7, 11) is 0. The molecule has 0 aliphatic rings. The van der Waals surface area contributed by atoms with Gasteiger partial charge in [-0.15, -0.1) is 0 Å². The largest absolute Gasteiger partial charge is 0.247 e. The van der Waals surface area contributed by atoms with Crippen LogP contribution in [0.25, 0.3) is 44.4 Å². The van der Waals surface area contributed by atoms with Crippen molar-refractivity contribution in [1.29, 1.82) is 0 Å². The molecule has 138 valence electrons. The molecule has 0 spiro atoms. The summed E-state index contributed by atoms with van der Waals surface area (Å²) in [5.41, 5.74) is 7.66. The van der Waals surface area contributed by atoms with E-state index in [1.54, 1.807) is 0 Å². The second-order valence-electron chi connectivity index (χ2n) is 6.97. The lowest BCUT2D eigenvalue weighted by atomic mass is 9.88. The van der Waals surface area contributed by atoms with Crippen molar-refractivity contribution in [2.45, 2.75) is 0 Å². The Labute approximate surface area is 175 Å². The lowest BCUT2D eigenvalue weighted by Gasteiger charge is -2.18. The third-order valence-electron chi connectivity index (χ3n) is 5.14. The van der Waals surface area contributed by atoms with Gasteiger partial charge in [-0.05, 0) is 29.3 Å². The van der Waals surface area contributed by atoms with Crippen molar-refractivity contribution in [3.63, 3.8) is 0 Å². The summed E-state index contributed by atoms with van der Waals surface area (Å²) < 4.78 is 0. The highest BCUT2D eigenvalue weighted by molar-refractivity contribution is 6.30. The second-order valence-corrected chi connectivity index (χ2v) is 7.40. The number of benzene rings is 4. The van der Waals surface area contributed by atoms with Crippen molar-refractivity contribution in [3.05, 3.63) is 114 Å². The maximum absolute atomic E-state index is 6.16. The van der Waals surface area contributed by atoms with E-state index in [9.17, 15) is 0 Å². The molecule has 29 heavy (non-hydrogen) atoms. The van der Waals surface area contributed by atoms with Crippen LogP contribution < -0.4 is 0 Å². The zero-order valence-electron chi connectivity index (χ0n) is 15.7. The molecule has 4 aromatic carbocycles. The van der Waals surface area contributed by atoms with E-state index in [2.05, 4.69) is 72.8 Å². The maximum Gasteiger partial charge on any atom is 0.0794 e. The number of pyridine rings is 1. The Bertz CT molecular complexity index is 1280. The Kier molecular flexibility index (Phi) is 4.59. The van der Waals surface area contributed by atoms with E-state index in [1.165, 1.54) is 11.1 Å². The standard InChI is InChI=1S/C27H18ClN/c28-22-17-15-21(16-18-22)27-26(20-11-5-2-6-12-20)25(19-9-3-1-4-10-19)23-13-7-8-14-24(23)29-27/h1-18H. The van der Waals surface area contributed by atoms with Crippen LogP contribution in [0.5, 0.6) is 0 Å². The lowest BCUT2D eigenvalue weighted by molar-refractivity contribution is 1.39. The van der Waals surface area contributed by atoms with Crippen molar-refractivity contribution < 1.29 is 0 Å². The summed E-state index contributed by atoms with van der Waals surface area (Å²) in [4.78, 5) is 5.09. The molecule has 1 nitrogen and oxygen atoms in total. The van der Waals surface area contributed by atoms with Crippen LogP contribution in [0.2, 0.25) is 5.02 Å². The predicted molar refractivity (Wildman–Crippen MR) is 123 cm³/mol. The monoisotopic (exact) mass is 391 g/mol. The highest BCUT2D eigenvalue weighted by atomic mass is 35.5. The van der Waals surface area contributed by atoms with E-state index in [-0.39, 0.29) is 0 Å². The van der Waals surface area contributed by atoms with E-state index in [0.29, 0.717) is 0 Å². The number of aromatic nitrogens is 1. The Morgan fingerprint density at radius 3 is 1.69 bits per heavy atom. The fourth-order valence-corrected chi connectivity index (χ4v) is 3.95. The first kappa shape index (κ1) is 17.7. The molecular weight excluding hydrogens is 374 g/mol. The van der Waals surface area contributed by atoms with Crippen LogP contribution in [0.3, 0.4) is 0 Å². The van der Waals surface area contributed by atoms with Gasteiger partial charge >= 0.3 is 0 Å². The van der Waals surface area contributed by atoms with Crippen LogP contribution in [0.15, 0.2) is 109 Å². The zero-order valence-corrected chi connectivity index (χ0v) is 16.5. The molecule has 0 N–H and O–H groups in total. The summed E-state index contributed by atoms with van der Waals surface area (Å²) in [5.74, 6) is 0. The van der Waals surface area contributed by atoms with E-state index >= 15 is 0 Å². The molecule has 0 saturated heterocycles. The van der Waals surface area contributed by atoms with Crippen LogP contribution >= 0.6 is 11.6 Å². The van der Waals surface area contributed by atoms with Gasteiger partial charge in [-0.3, -0.25) is 0 Å². The van der Waals surface area contributed by atoms with Gasteiger partial charge in [0.15, 0.2) is 0 Å². The second kappa shape index (κ2) is 7.54. The molecule has 5 aromatic rings. The Balaban J connectivity index is 1.95. The molecule has 1 heterocycles. The Morgan fingerprint density at radius 1 is 0.483 bits per heavy atom. The van der Waals surface area contributed by atoms with Crippen molar-refractivity contribution in [1.82, 2.24) is 4.98 Å². The summed E-state index contributed by atoms with van der Waals surface area (Å²) >= 11 is 6.16. The number of halogens is 1. The third-order valence-corrected chi connectivity index (χ3v) is 5.39. The van der Waals surface area contributed by atoms with Crippen LogP contribution in [-0.2, 0) is 0 Å². The highest BCUT2D eigenvalue weighted by Gasteiger charge is 2.19. The van der Waals surface area contributed by atoms with Gasteiger partial charge in [0.05, 0.1) is 11.2 Å². The van der Waals surface area contributed by atoms with Gasteiger partial charge in [0, 0.05) is 27.1 Å². The summed E-state index contributed by atoms with van der Waals surface area (Å²) in [5, 5.41) is 1.87. The molecule has 0 aliphatic heterocycles. The lowest BCUT2D eigenvalue weighted by Crippen LogP contribution is -1.96. The van der Waals surface area contributed by atoms with E-state index < -0.39 is 0 Å². The quantitative estimate of drug-likeness (QED) is 0.304. The van der Waals surface area contributed by atoms with Crippen LogP contribution in [-0.4, -0.2) is 4.98 Å². The minimum atomic E-state index is 0.721. The number of hydrogen-bond acceptors (Lipinski definition) is 1. The summed E-state index contributed by atoms with van der Waals surface area (Å²) in [6.07, 6.45) is 0. The molecule has 0 amide bonds. The van der Waals surface area contributed by atoms with Gasteiger partial charge < -0.3 is 0 Å². The molecule has 1 aromatic heterocycles. The molecule has 0 atom stereocenters. The van der Waals surface area contributed by atoms with Crippen molar-refractivity contribution in [3.8, 4) is 33.5 Å². The topological polar surface area (TPSA) is 12.9 Å². The summed E-state index contributed by atoms with van der Waals surface area (Å²) in [6.45, 7) is 0. The van der Waals surface area contributed by atoms with E-state index in [1.807, 2.05) is 36.4 Å². The molecule has 0 fully saturated rings. The Morgan fingerprint density at radius 2 is 1.03 bits per heavy atom. The Hall–Kier alpha value is -3.42. The fourth-order valence-electron chi connectivity index (χ4n) is 3.82. The first-order valence-corrected chi connectivity index (χ1v) is 9.98. The number of hydrogen-bond donors (Lipinski definition) is 0. The minimum Gasteiger partial charge on any atom is -0.247 e. The minimum absolute atomic E-state index is 0.721. The van der Waals surface area contributed by atoms with Crippen LogP contribution in [0.1, 0.15) is 0 Å². The average Bonchev–Trinajstić information content (AvgIpc) is 2.79. The molecular formula is C27H18ClN. The molecule has 0 aliphatic carbocycles. The van der Waals surface area contributed by atoms with Crippen molar-refractivity contribution in [2.75, 3.05) is 0 Å². The number of para-hydroxylation sites is 1. The average molecular weight is 392 g/mol. The first-order valence-electron chi connectivity index (χ1n) is 9.61. The molecule has 5 rings (SSSR count). The van der Waals surface area contributed by atoms with Gasteiger partial charge in [-0.1, -0.05) is 103 Å². The maximum atomic E-state index is 6.16. The van der Waals surface area contributed by atoms with E-state index in [0.717, 1.165) is 38.3 Å². The van der Waals surface area contributed by atoms with Gasteiger partial charge in [0.1, 0.15) is 0 Å². The van der Waals surface area contributed by atoms with Gasteiger partial charge in [-0.2, -0.15) is 0 Å². The highest BCUT2D eigenvalue weighted by Crippen LogP contribution is 2.43. The van der Waals surface area contributed by atoms with Crippen LogP contribution in [0, 0.1) is 0 Å². The SMILES string of the molecule is Clc1ccc(-c2nc3ccccc3c(-c3ccccc3)c2-c2ccccc2)cc1. The number of rotatable bonds is 3. The number of fused-ring (bicyclic) bond motifs is 1. The van der Waals surface area contributed by atoms with Crippen molar-refractivity contribution >= 4 is 22.5 Å². The van der Waals surface area contributed by atoms with E-state index in [4.69, 9.17) is 16.6 Å². The normalized spacial score (nSPS) is 10.9. The predicted octanol–water partition coefficient (Wildman–Crippen LogP) is 7.89.